The van der Waals surface area contributed by atoms with Gasteiger partial charge in [0.2, 0.25) is 0 Å². The smallest absolute Gasteiger partial charge is 0.250 e. The standard InChI is InChI=1S/C26H24ClN5O2S/c1-3-23(18-8-14-22(33)15-9-18)28-29-24(34)16-35-26-31-30-25(19-6-10-20(27)11-7-19)32(26)21-12-4-17(2)5-13-21/h4-15,33H,3,16H2,1-2H3,(H,29,34). The number of halogens is 1. The number of aryl methyl sites for hydroxylation is 1. The Morgan fingerprint density at radius 2 is 1.71 bits per heavy atom. The van der Waals surface area contributed by atoms with Gasteiger partial charge in [0.15, 0.2) is 11.0 Å². The lowest BCUT2D eigenvalue weighted by Gasteiger charge is -2.11. The van der Waals surface area contributed by atoms with E-state index < -0.39 is 0 Å². The van der Waals surface area contributed by atoms with Gasteiger partial charge in [0, 0.05) is 16.3 Å². The number of thioether (sulfide) groups is 1. The second-order valence-corrected chi connectivity index (χ2v) is 9.15. The highest BCUT2D eigenvalue weighted by Crippen LogP contribution is 2.29. The molecule has 0 aliphatic carbocycles. The fourth-order valence-electron chi connectivity index (χ4n) is 3.37. The van der Waals surface area contributed by atoms with Gasteiger partial charge in [-0.1, -0.05) is 48.0 Å². The van der Waals surface area contributed by atoms with Crippen LogP contribution < -0.4 is 5.43 Å². The summed E-state index contributed by atoms with van der Waals surface area (Å²) in [5.74, 6) is 0.694. The minimum absolute atomic E-state index is 0.112. The summed E-state index contributed by atoms with van der Waals surface area (Å²) in [7, 11) is 0. The maximum absolute atomic E-state index is 12.6. The van der Waals surface area contributed by atoms with Gasteiger partial charge in [0.05, 0.1) is 11.5 Å². The quantitative estimate of drug-likeness (QED) is 0.184. The van der Waals surface area contributed by atoms with Crippen molar-refractivity contribution in [3.63, 3.8) is 0 Å². The Bertz CT molecular complexity index is 1330. The molecule has 0 unspecified atom stereocenters. The summed E-state index contributed by atoms with van der Waals surface area (Å²) in [5, 5.41) is 23.7. The van der Waals surface area contributed by atoms with Gasteiger partial charge >= 0.3 is 0 Å². The number of carbonyl (C=O) groups excluding carboxylic acids is 1. The van der Waals surface area contributed by atoms with Crippen LogP contribution in [0.2, 0.25) is 5.02 Å². The van der Waals surface area contributed by atoms with Crippen molar-refractivity contribution in [1.82, 2.24) is 20.2 Å². The zero-order chi connectivity index (χ0) is 24.8. The minimum Gasteiger partial charge on any atom is -0.508 e. The molecule has 3 aromatic carbocycles. The molecule has 1 amide bonds. The highest BCUT2D eigenvalue weighted by molar-refractivity contribution is 7.99. The number of aromatic nitrogens is 3. The van der Waals surface area contributed by atoms with Gasteiger partial charge in [0.25, 0.3) is 5.91 Å². The van der Waals surface area contributed by atoms with E-state index in [2.05, 4.69) is 20.7 Å². The fraction of sp³-hybridized carbons (Fsp3) is 0.154. The lowest BCUT2D eigenvalue weighted by atomic mass is 10.1. The second kappa shape index (κ2) is 11.2. The zero-order valence-corrected chi connectivity index (χ0v) is 20.8. The van der Waals surface area contributed by atoms with Crippen molar-refractivity contribution in [3.05, 3.63) is 88.9 Å². The van der Waals surface area contributed by atoms with E-state index in [1.165, 1.54) is 11.8 Å². The summed E-state index contributed by atoms with van der Waals surface area (Å²) in [5.41, 5.74) is 7.08. The summed E-state index contributed by atoms with van der Waals surface area (Å²) in [4.78, 5) is 12.6. The summed E-state index contributed by atoms with van der Waals surface area (Å²) in [6.45, 7) is 3.98. The van der Waals surface area contributed by atoms with Crippen LogP contribution in [0.1, 0.15) is 24.5 Å². The first-order valence-electron chi connectivity index (χ1n) is 11.0. The molecule has 9 heteroatoms. The molecular formula is C26H24ClN5O2S. The molecule has 0 radical (unpaired) electrons. The predicted molar refractivity (Wildman–Crippen MR) is 140 cm³/mol. The maximum atomic E-state index is 12.6. The number of nitrogens with one attached hydrogen (secondary N) is 1. The minimum atomic E-state index is -0.258. The van der Waals surface area contributed by atoms with E-state index in [4.69, 9.17) is 11.6 Å². The summed E-state index contributed by atoms with van der Waals surface area (Å²) >= 11 is 7.34. The number of benzene rings is 3. The number of carbonyl (C=O) groups is 1. The van der Waals surface area contributed by atoms with Gasteiger partial charge in [0.1, 0.15) is 5.75 Å². The molecule has 0 bridgehead atoms. The summed E-state index contributed by atoms with van der Waals surface area (Å²) in [6.07, 6.45) is 0.629. The first-order valence-corrected chi connectivity index (χ1v) is 12.4. The summed E-state index contributed by atoms with van der Waals surface area (Å²) in [6, 6.07) is 22.1. The molecule has 0 fully saturated rings. The van der Waals surface area contributed by atoms with E-state index in [0.717, 1.165) is 28.1 Å². The SMILES string of the molecule is CCC(=NNC(=O)CSc1nnc(-c2ccc(Cl)cc2)n1-c1ccc(C)cc1)c1ccc(O)cc1. The number of phenolic OH excluding ortho intramolecular Hbond substituents is 1. The molecule has 2 N–H and O–H groups in total. The third-order valence-corrected chi connectivity index (χ3v) is 6.39. The van der Waals surface area contributed by atoms with Gasteiger partial charge in [-0.25, -0.2) is 5.43 Å². The van der Waals surface area contributed by atoms with Crippen LogP contribution in [0.4, 0.5) is 0 Å². The van der Waals surface area contributed by atoms with Crippen molar-refractivity contribution in [2.45, 2.75) is 25.4 Å². The molecule has 4 aromatic rings. The average Bonchev–Trinajstić information content (AvgIpc) is 3.29. The van der Waals surface area contributed by atoms with E-state index in [-0.39, 0.29) is 17.4 Å². The number of amides is 1. The molecule has 0 spiro atoms. The third-order valence-electron chi connectivity index (χ3n) is 5.21. The van der Waals surface area contributed by atoms with Crippen LogP contribution >= 0.6 is 23.4 Å². The lowest BCUT2D eigenvalue weighted by molar-refractivity contribution is -0.118. The Balaban J connectivity index is 1.53. The van der Waals surface area contributed by atoms with E-state index >= 15 is 0 Å². The largest absolute Gasteiger partial charge is 0.508 e. The van der Waals surface area contributed by atoms with Crippen LogP contribution in [0.15, 0.2) is 83.1 Å². The van der Waals surface area contributed by atoms with Gasteiger partial charge in [-0.05, 0) is 79.6 Å². The predicted octanol–water partition coefficient (Wildman–Crippen LogP) is 5.62. The molecule has 0 aliphatic rings. The van der Waals surface area contributed by atoms with Gasteiger partial charge in [-0.2, -0.15) is 5.10 Å². The molecule has 0 saturated heterocycles. The van der Waals surface area contributed by atoms with Crippen molar-refractivity contribution >= 4 is 35.0 Å². The van der Waals surface area contributed by atoms with Gasteiger partial charge in [-0.3, -0.25) is 9.36 Å². The Labute approximate surface area is 212 Å². The van der Waals surface area contributed by atoms with Crippen LogP contribution in [0, 0.1) is 6.92 Å². The van der Waals surface area contributed by atoms with Crippen molar-refractivity contribution in [2.24, 2.45) is 5.10 Å². The zero-order valence-electron chi connectivity index (χ0n) is 19.3. The van der Waals surface area contributed by atoms with E-state index in [1.807, 2.05) is 66.9 Å². The van der Waals surface area contributed by atoms with Gasteiger partial charge < -0.3 is 5.11 Å². The van der Waals surface area contributed by atoms with Crippen LogP contribution in [0.3, 0.4) is 0 Å². The Morgan fingerprint density at radius 1 is 1.03 bits per heavy atom. The van der Waals surface area contributed by atoms with Crippen LogP contribution in [0.5, 0.6) is 5.75 Å². The topological polar surface area (TPSA) is 92.4 Å². The second-order valence-electron chi connectivity index (χ2n) is 7.77. The molecular weight excluding hydrogens is 482 g/mol. The van der Waals surface area contributed by atoms with E-state index in [0.29, 0.717) is 22.4 Å². The molecule has 0 saturated carbocycles. The van der Waals surface area contributed by atoms with Crippen molar-refractivity contribution in [1.29, 1.82) is 0 Å². The lowest BCUT2D eigenvalue weighted by Crippen LogP contribution is -2.22. The third kappa shape index (κ3) is 6.09. The van der Waals surface area contributed by atoms with E-state index in [9.17, 15) is 9.90 Å². The Morgan fingerprint density at radius 3 is 2.37 bits per heavy atom. The molecule has 0 atom stereocenters. The maximum Gasteiger partial charge on any atom is 0.250 e. The molecule has 0 aliphatic heterocycles. The molecule has 1 heterocycles. The number of hydrogen-bond acceptors (Lipinski definition) is 6. The number of aromatic hydroxyl groups is 1. The number of rotatable bonds is 8. The monoisotopic (exact) mass is 505 g/mol. The molecule has 1 aromatic heterocycles. The first-order chi connectivity index (χ1) is 16.9. The number of nitrogens with zero attached hydrogens (tertiary/aromatic N) is 4. The normalized spacial score (nSPS) is 11.5. The first kappa shape index (κ1) is 24.5. The fourth-order valence-corrected chi connectivity index (χ4v) is 4.24. The van der Waals surface area contributed by atoms with Crippen molar-refractivity contribution in [3.8, 4) is 22.8 Å². The Hall–Kier alpha value is -3.62. The molecule has 4 rings (SSSR count). The van der Waals surface area contributed by atoms with Crippen LogP contribution in [-0.2, 0) is 4.79 Å². The summed E-state index contributed by atoms with van der Waals surface area (Å²) < 4.78 is 1.93. The van der Waals surface area contributed by atoms with Gasteiger partial charge in [-0.15, -0.1) is 10.2 Å². The van der Waals surface area contributed by atoms with Crippen molar-refractivity contribution in [2.75, 3.05) is 5.75 Å². The number of hydrazone groups is 1. The van der Waals surface area contributed by atoms with Crippen molar-refractivity contribution < 1.29 is 9.90 Å². The molecule has 7 nitrogen and oxygen atoms in total. The highest BCUT2D eigenvalue weighted by Gasteiger charge is 2.17. The molecule has 35 heavy (non-hydrogen) atoms. The van der Waals surface area contributed by atoms with Crippen LogP contribution in [-0.4, -0.2) is 37.2 Å². The Kier molecular flexibility index (Phi) is 7.84. The number of hydrogen-bond donors (Lipinski definition) is 2. The average molecular weight is 506 g/mol. The van der Waals surface area contributed by atoms with E-state index in [1.54, 1.807) is 24.3 Å². The van der Waals surface area contributed by atoms with Crippen LogP contribution in [0.25, 0.3) is 17.1 Å². The highest BCUT2D eigenvalue weighted by atomic mass is 35.5. The molecule has 178 valence electrons. The number of phenols is 1.